The summed E-state index contributed by atoms with van der Waals surface area (Å²) in [5.41, 5.74) is 27.2. The number of carbonyl (C=O) groups excluding carboxylic acids is 1. The summed E-state index contributed by atoms with van der Waals surface area (Å²) in [5.74, 6) is 5.36. The Balaban J connectivity index is -0.000000784. The molecule has 5 atom stereocenters. The zero-order valence-corrected chi connectivity index (χ0v) is 92.0. The van der Waals surface area contributed by atoms with Crippen molar-refractivity contribution in [1.29, 1.82) is 0 Å². The van der Waals surface area contributed by atoms with Crippen LogP contribution in [-0.2, 0) is 36.9 Å². The van der Waals surface area contributed by atoms with E-state index in [-0.39, 0.29) is 42.9 Å². The van der Waals surface area contributed by atoms with Crippen molar-refractivity contribution >= 4 is 74.9 Å². The molecule has 7 aliphatic carbocycles. The molecule has 21 rings (SSSR count). The second-order valence-electron chi connectivity index (χ2n) is 30.0. The molecular weight excluding hydrogens is 1760 g/mol. The Morgan fingerprint density at radius 1 is 0.273 bits per heavy atom. The minimum Gasteiger partial charge on any atom is -0.367 e. The molecule has 0 fully saturated rings. The third-order valence-corrected chi connectivity index (χ3v) is 22.1. The van der Waals surface area contributed by atoms with Gasteiger partial charge in [0.1, 0.15) is 29.1 Å². The molecule has 11 heterocycles. The molecule has 796 valence electrons. The number of rotatable bonds is 10. The number of allylic oxidation sites excluding steroid dienone is 4. The highest BCUT2D eigenvalue weighted by atomic mass is 16.1. The van der Waals surface area contributed by atoms with E-state index in [0.717, 1.165) is 182 Å². The molecule has 1 aliphatic heterocycles. The molecule has 22 heteroatoms. The lowest BCUT2D eigenvalue weighted by Gasteiger charge is -2.29. The Labute approximate surface area is 870 Å². The van der Waals surface area contributed by atoms with Crippen LogP contribution in [0.2, 0.25) is 0 Å². The van der Waals surface area contributed by atoms with E-state index in [0.29, 0.717) is 36.6 Å². The quantitative estimate of drug-likeness (QED) is 0.0855. The molecule has 0 saturated carbocycles. The minimum absolute atomic E-state index is 0. The number of benzene rings is 3. The molecule has 8 aliphatic rings. The number of nitrogens with one attached hydrogen (secondary N) is 5. The highest BCUT2D eigenvalue weighted by Gasteiger charge is 2.30. The number of carbonyl (C=O) groups is 1. The van der Waals surface area contributed by atoms with Gasteiger partial charge >= 0.3 is 0 Å². The maximum Gasteiger partial charge on any atom is 0.159 e. The van der Waals surface area contributed by atoms with Gasteiger partial charge in [-0.15, -0.1) is 0 Å². The van der Waals surface area contributed by atoms with E-state index in [1.165, 1.54) is 68.5 Å². The van der Waals surface area contributed by atoms with Gasteiger partial charge in [0, 0.05) is 132 Å². The van der Waals surface area contributed by atoms with Crippen molar-refractivity contribution in [3.63, 3.8) is 0 Å². The van der Waals surface area contributed by atoms with Crippen LogP contribution in [-0.4, -0.2) is 122 Å². The molecule has 0 bridgehead atoms. The van der Waals surface area contributed by atoms with Crippen LogP contribution in [0.15, 0.2) is 209 Å². The number of aromatic nitrogens is 15. The van der Waals surface area contributed by atoms with Crippen molar-refractivity contribution in [1.82, 2.24) is 73.0 Å². The molecule has 0 amide bonds. The first-order valence-electron chi connectivity index (χ1n) is 53.3. The first kappa shape index (κ1) is 137. The van der Waals surface area contributed by atoms with E-state index >= 15 is 0 Å². The smallest absolute Gasteiger partial charge is 0.159 e. The summed E-state index contributed by atoms with van der Waals surface area (Å²) in [6.45, 7) is 71.0. The summed E-state index contributed by atoms with van der Waals surface area (Å²) in [4.78, 5) is 38.3. The van der Waals surface area contributed by atoms with Crippen LogP contribution >= 0.6 is 0 Å². The second kappa shape index (κ2) is 78.6. The highest BCUT2D eigenvalue weighted by molar-refractivity contribution is 5.93. The number of ketones is 1. The monoisotopic (exact) mass is 1960 g/mol. The van der Waals surface area contributed by atoms with Crippen molar-refractivity contribution in [2.75, 3.05) is 33.1 Å². The van der Waals surface area contributed by atoms with Gasteiger partial charge in [0.25, 0.3) is 0 Å². The third kappa shape index (κ3) is 40.0. The van der Waals surface area contributed by atoms with E-state index in [1.807, 2.05) is 320 Å². The maximum atomic E-state index is 11.5. The van der Waals surface area contributed by atoms with Gasteiger partial charge < -0.3 is 26.6 Å². The number of aryl methyl sites for hydroxylation is 7. The topological polar surface area (TPSA) is 241 Å². The molecule has 0 saturated heterocycles. The van der Waals surface area contributed by atoms with Crippen molar-refractivity contribution < 1.29 is 4.79 Å². The van der Waals surface area contributed by atoms with Gasteiger partial charge in [-0.25, -0.2) is 24.9 Å². The lowest BCUT2D eigenvalue weighted by atomic mass is 9.83. The second-order valence-corrected chi connectivity index (χ2v) is 30.0. The number of aliphatic imine (C=N–C) groups is 1. The fourth-order valence-electron chi connectivity index (χ4n) is 16.9. The van der Waals surface area contributed by atoms with Gasteiger partial charge in [-0.3, -0.25) is 9.79 Å². The van der Waals surface area contributed by atoms with Crippen molar-refractivity contribution in [3.05, 3.63) is 266 Å². The summed E-state index contributed by atoms with van der Waals surface area (Å²) >= 11 is 0. The van der Waals surface area contributed by atoms with E-state index in [2.05, 4.69) is 179 Å². The van der Waals surface area contributed by atoms with E-state index in [9.17, 15) is 4.79 Å². The molecule has 5 N–H and O–H groups in total. The first-order valence-corrected chi connectivity index (χ1v) is 53.3. The van der Waals surface area contributed by atoms with Crippen molar-refractivity contribution in [2.24, 2.45) is 4.99 Å². The lowest BCUT2D eigenvalue weighted by molar-refractivity contribution is -0.114. The van der Waals surface area contributed by atoms with E-state index in [4.69, 9.17) is 0 Å². The number of nitrogens with zero attached hydrogens (tertiary/aromatic N) is 16. The highest BCUT2D eigenvalue weighted by Crippen LogP contribution is 2.43. The third-order valence-electron chi connectivity index (χ3n) is 22.1. The van der Waals surface area contributed by atoms with Crippen LogP contribution in [0, 0.1) is 34.6 Å². The number of fused-ring (bicyclic) bond motifs is 9. The molecule has 5 unspecified atom stereocenters. The summed E-state index contributed by atoms with van der Waals surface area (Å²) < 4.78 is 9.39. The molecule has 0 spiro atoms. The summed E-state index contributed by atoms with van der Waals surface area (Å²) in [6, 6.07) is 48.5. The van der Waals surface area contributed by atoms with Gasteiger partial charge in [-0.1, -0.05) is 335 Å². The Morgan fingerprint density at radius 3 is 0.867 bits per heavy atom. The lowest BCUT2D eigenvalue weighted by Crippen LogP contribution is -2.28. The zero-order valence-electron chi connectivity index (χ0n) is 92.0. The molecule has 0 radical (unpaired) electrons. The molecule has 143 heavy (non-hydrogen) atoms. The van der Waals surface area contributed by atoms with Crippen molar-refractivity contribution in [2.45, 2.75) is 419 Å². The van der Waals surface area contributed by atoms with Crippen LogP contribution in [0.4, 0.5) is 29.1 Å². The normalized spacial score (nSPS) is 15.4. The summed E-state index contributed by atoms with van der Waals surface area (Å²) in [6.07, 6.45) is 33.0. The van der Waals surface area contributed by atoms with Crippen molar-refractivity contribution in [3.8, 4) is 0 Å². The van der Waals surface area contributed by atoms with Crippen LogP contribution in [0.3, 0.4) is 0 Å². The van der Waals surface area contributed by atoms with Gasteiger partial charge in [0.15, 0.2) is 34.0 Å². The standard InChI is InChI=1S/C20H20N4.C17H18N4O.2C17H18N4.C15H17N5.15C2H6.5CH4/c1-13-10-20(24-19(22-13)8-9-21-24)23-16-7-6-15-11-14-4-2-3-5-17(14)18(15)12-16;1-11-8-17(21-16(19-11)6-7-18-21)20-14-4-2-13-10-15(22)5-3-12(13)9-14;2*1-12-10-17(21-16(19-12)8-9-18-21)20-15-7-6-13-4-2-3-5-14(13)11-15;1-10-6-15(20-14(18-10)4-5-17-20)19-13-3-2-11-8-16-9-12(11)7-13;15*1-2;;;;;/h2-5,8-10,16,23H,6-7,11-12H2,1H3;3,5-8,14,20H,2,4,9-10H2,1H3;2*2-5,8-10,15,20H,6-7,11H2,1H3;4-6,9,13,19H,2-3,7-8H2,1H3;15*1-2H3;5*1H4. The number of hydrogen-bond acceptors (Lipinski definition) is 17. The SMILES string of the molecule is C.C.C.C.C.CC.CC.CC.CC.CC.CC.CC.CC.CC.CC.CC.CC.CC.CC.CC.Cc1cc(NC2CCC3=C(C2)c2ccccc2C3)n2nccc2n1.Cc1cc(NC2CCC3=C(C=CC(=O)C3)C2)n2nccc2n1.Cc1cc(NC2CCC3=C(C=NC3)C2)n2nccc2n1.Cc1cc(NC2CCc3ccccc3C2)n2nccc2n1.Cc1cc(NC2CCc3ccccc3C2)n2nccc2n1. The van der Waals surface area contributed by atoms with E-state index < -0.39 is 0 Å². The van der Waals surface area contributed by atoms with Gasteiger partial charge in [-0.2, -0.15) is 48.1 Å². The molecule has 3 aromatic carbocycles. The van der Waals surface area contributed by atoms with Crippen LogP contribution < -0.4 is 26.6 Å². The predicted octanol–water partition coefficient (Wildman–Crippen LogP) is 33.8. The minimum atomic E-state index is 0. The fraction of sp³-hybridized carbons (Fsp3) is 0.521. The van der Waals surface area contributed by atoms with Crippen LogP contribution in [0.25, 0.3) is 33.8 Å². The number of hydrogen-bond donors (Lipinski definition) is 5. The molecule has 13 aromatic rings. The van der Waals surface area contributed by atoms with Crippen LogP contribution in [0.1, 0.15) is 384 Å². The van der Waals surface area contributed by atoms with Gasteiger partial charge in [0.05, 0.1) is 37.5 Å². The Bertz CT molecular complexity index is 5570. The van der Waals surface area contributed by atoms with Gasteiger partial charge in [0.2, 0.25) is 0 Å². The first-order chi connectivity index (χ1) is 67.8. The Morgan fingerprint density at radius 2 is 0.538 bits per heavy atom. The largest absolute Gasteiger partial charge is 0.367 e. The fourth-order valence-corrected chi connectivity index (χ4v) is 16.9. The van der Waals surface area contributed by atoms with E-state index in [1.54, 1.807) is 42.0 Å². The Hall–Kier alpha value is -11.9. The summed E-state index contributed by atoms with van der Waals surface area (Å²) in [7, 11) is 0. The Kier molecular flexibility index (Phi) is 75.4. The van der Waals surface area contributed by atoms with Crippen LogP contribution in [0.5, 0.6) is 0 Å². The molecule has 22 nitrogen and oxygen atoms in total. The average Bonchev–Trinajstić information content (AvgIpc) is 1.63. The summed E-state index contributed by atoms with van der Waals surface area (Å²) in [5, 5.41) is 40.1. The van der Waals surface area contributed by atoms with Gasteiger partial charge in [-0.05, 0) is 199 Å². The molecule has 10 aromatic heterocycles. The zero-order chi connectivity index (χ0) is 103. The number of anilines is 5. The predicted molar refractivity (Wildman–Crippen MR) is 631 cm³/mol. The maximum absolute atomic E-state index is 11.5. The molecular formula is C121H201N21O. The average molecular weight is 1970 g/mol.